The van der Waals surface area contributed by atoms with Crippen molar-refractivity contribution >= 4 is 27.6 Å². The van der Waals surface area contributed by atoms with Gasteiger partial charge in [-0.05, 0) is 24.4 Å². The Morgan fingerprint density at radius 2 is 1.95 bits per heavy atom. The van der Waals surface area contributed by atoms with Crippen molar-refractivity contribution in [2.24, 2.45) is 0 Å². The second-order valence-corrected chi connectivity index (χ2v) is 6.03. The van der Waals surface area contributed by atoms with E-state index in [0.717, 1.165) is 25.2 Å². The first-order valence-corrected chi connectivity index (χ1v) is 7.24. The Morgan fingerprint density at radius 1 is 1.26 bits per heavy atom. The van der Waals surface area contributed by atoms with E-state index < -0.39 is 10.0 Å². The molecule has 0 unspecified atom stereocenters. The number of anilines is 1. The summed E-state index contributed by atoms with van der Waals surface area (Å²) in [7, 11) is -3.85. The predicted molar refractivity (Wildman–Crippen MR) is 64.1 cm³/mol. The van der Waals surface area contributed by atoms with Gasteiger partial charge in [0.15, 0.2) is 0 Å². The fourth-order valence-corrected chi connectivity index (χ4v) is 2.29. The molecule has 2 aromatic rings. The van der Waals surface area contributed by atoms with Gasteiger partial charge in [0.05, 0.1) is 12.4 Å². The molecule has 0 radical (unpaired) electrons. The Balaban J connectivity index is 1.81. The zero-order chi connectivity index (χ0) is 13.5. The lowest BCUT2D eigenvalue weighted by molar-refractivity contribution is 0.510. The fraction of sp³-hybridized carbons (Fsp3) is 0.333. The molecule has 0 aliphatic heterocycles. The van der Waals surface area contributed by atoms with Crippen molar-refractivity contribution in [3.05, 3.63) is 23.6 Å². The fourth-order valence-electron chi connectivity index (χ4n) is 1.38. The molecule has 0 aromatic carbocycles. The first-order chi connectivity index (χ1) is 9.04. The Bertz CT molecular complexity index is 695. The van der Waals surface area contributed by atoms with E-state index in [4.69, 9.17) is 16.0 Å². The van der Waals surface area contributed by atoms with Crippen molar-refractivity contribution in [3.8, 4) is 0 Å². The van der Waals surface area contributed by atoms with Crippen LogP contribution in [0, 0.1) is 0 Å². The SMILES string of the molecule is O=S(=O)(Nc1nnc(C2CC2)o1)c1cnc(Cl)nc1. The van der Waals surface area contributed by atoms with Gasteiger partial charge in [-0.15, -0.1) is 5.10 Å². The molecule has 2 heterocycles. The van der Waals surface area contributed by atoms with E-state index >= 15 is 0 Å². The normalized spacial score (nSPS) is 15.4. The molecule has 3 rings (SSSR count). The largest absolute Gasteiger partial charge is 0.407 e. The highest BCUT2D eigenvalue weighted by molar-refractivity contribution is 7.92. The van der Waals surface area contributed by atoms with Gasteiger partial charge in [-0.2, -0.15) is 0 Å². The summed E-state index contributed by atoms with van der Waals surface area (Å²) in [4.78, 5) is 7.06. The highest BCUT2D eigenvalue weighted by atomic mass is 35.5. The number of sulfonamides is 1. The second kappa shape index (κ2) is 4.42. The molecule has 2 aromatic heterocycles. The van der Waals surface area contributed by atoms with Gasteiger partial charge in [0.25, 0.3) is 10.0 Å². The second-order valence-electron chi connectivity index (χ2n) is 4.01. The van der Waals surface area contributed by atoms with Crippen molar-refractivity contribution in [1.82, 2.24) is 20.2 Å². The molecule has 1 fully saturated rings. The van der Waals surface area contributed by atoms with Crippen LogP contribution >= 0.6 is 11.6 Å². The van der Waals surface area contributed by atoms with Crippen LogP contribution in [-0.4, -0.2) is 28.6 Å². The van der Waals surface area contributed by atoms with Crippen LogP contribution in [0.4, 0.5) is 6.01 Å². The van der Waals surface area contributed by atoms with Crippen LogP contribution < -0.4 is 4.72 Å². The van der Waals surface area contributed by atoms with Crippen LogP contribution in [0.15, 0.2) is 21.7 Å². The molecule has 0 spiro atoms. The van der Waals surface area contributed by atoms with Gasteiger partial charge < -0.3 is 4.42 Å². The molecule has 1 aliphatic carbocycles. The van der Waals surface area contributed by atoms with Gasteiger partial charge in [0.1, 0.15) is 4.90 Å². The summed E-state index contributed by atoms with van der Waals surface area (Å²) in [5.41, 5.74) is 0. The number of halogens is 1. The summed E-state index contributed by atoms with van der Waals surface area (Å²) in [6.45, 7) is 0. The molecule has 0 bridgehead atoms. The average molecular weight is 302 g/mol. The van der Waals surface area contributed by atoms with E-state index in [2.05, 4.69) is 24.9 Å². The molecule has 0 amide bonds. The number of nitrogens with zero attached hydrogens (tertiary/aromatic N) is 4. The lowest BCUT2D eigenvalue weighted by atomic mass is 10.4. The summed E-state index contributed by atoms with van der Waals surface area (Å²) in [5.74, 6) is 0.703. The van der Waals surface area contributed by atoms with Crippen LogP contribution in [0.5, 0.6) is 0 Å². The summed E-state index contributed by atoms with van der Waals surface area (Å²) in [6.07, 6.45) is 4.16. The first kappa shape index (κ1) is 12.3. The van der Waals surface area contributed by atoms with Crippen molar-refractivity contribution in [2.75, 3.05) is 4.72 Å². The van der Waals surface area contributed by atoms with Gasteiger partial charge in [0.2, 0.25) is 11.2 Å². The zero-order valence-corrected chi connectivity index (χ0v) is 11.0. The van der Waals surface area contributed by atoms with E-state index in [9.17, 15) is 8.42 Å². The number of hydrogen-bond donors (Lipinski definition) is 1. The molecular formula is C9H8ClN5O3S. The number of aromatic nitrogens is 4. The number of nitrogens with one attached hydrogen (secondary N) is 1. The minimum atomic E-state index is -3.85. The van der Waals surface area contributed by atoms with Crippen molar-refractivity contribution in [3.63, 3.8) is 0 Å². The van der Waals surface area contributed by atoms with E-state index in [0.29, 0.717) is 5.89 Å². The Labute approximate surface area is 113 Å². The van der Waals surface area contributed by atoms with Gasteiger partial charge in [-0.3, -0.25) is 0 Å². The van der Waals surface area contributed by atoms with Crippen molar-refractivity contribution < 1.29 is 12.8 Å². The van der Waals surface area contributed by atoms with Crippen LogP contribution in [0.2, 0.25) is 5.28 Å². The maximum absolute atomic E-state index is 11.9. The smallest absolute Gasteiger partial charge is 0.329 e. The van der Waals surface area contributed by atoms with Crippen molar-refractivity contribution in [1.29, 1.82) is 0 Å². The molecule has 19 heavy (non-hydrogen) atoms. The minimum Gasteiger partial charge on any atom is -0.407 e. The molecule has 0 atom stereocenters. The lowest BCUT2D eigenvalue weighted by Crippen LogP contribution is -2.13. The third-order valence-corrected chi connectivity index (χ3v) is 3.97. The quantitative estimate of drug-likeness (QED) is 0.844. The summed E-state index contributed by atoms with van der Waals surface area (Å²) < 4.78 is 31.3. The standard InChI is InChI=1S/C9H8ClN5O3S/c10-8-11-3-6(4-12-8)19(16,17)15-9-14-13-7(18-9)5-1-2-5/h3-5H,1-2H2,(H,14,15). The van der Waals surface area contributed by atoms with Crippen LogP contribution in [0.1, 0.15) is 24.7 Å². The molecule has 1 N–H and O–H groups in total. The summed E-state index contributed by atoms with van der Waals surface area (Å²) >= 11 is 5.49. The van der Waals surface area contributed by atoms with Gasteiger partial charge >= 0.3 is 6.01 Å². The summed E-state index contributed by atoms with van der Waals surface area (Å²) in [6, 6.07) is -0.170. The van der Waals surface area contributed by atoms with Crippen molar-refractivity contribution in [2.45, 2.75) is 23.7 Å². The van der Waals surface area contributed by atoms with Crippen LogP contribution in [0.25, 0.3) is 0 Å². The van der Waals surface area contributed by atoms with Gasteiger partial charge in [0, 0.05) is 5.92 Å². The maximum Gasteiger partial charge on any atom is 0.329 e. The third-order valence-electron chi connectivity index (χ3n) is 2.50. The topological polar surface area (TPSA) is 111 Å². The van der Waals surface area contributed by atoms with E-state index in [1.54, 1.807) is 0 Å². The van der Waals surface area contributed by atoms with Gasteiger partial charge in [-0.25, -0.2) is 23.1 Å². The van der Waals surface area contributed by atoms with E-state index in [1.165, 1.54) is 0 Å². The molecular weight excluding hydrogens is 294 g/mol. The highest BCUT2D eigenvalue weighted by Crippen LogP contribution is 2.39. The zero-order valence-electron chi connectivity index (χ0n) is 9.45. The Kier molecular flexibility index (Phi) is 2.86. The third kappa shape index (κ3) is 2.66. The number of rotatable bonds is 4. The van der Waals surface area contributed by atoms with Crippen LogP contribution in [-0.2, 0) is 10.0 Å². The molecule has 8 nitrogen and oxygen atoms in total. The van der Waals surface area contributed by atoms with Crippen LogP contribution in [0.3, 0.4) is 0 Å². The Morgan fingerprint density at radius 3 is 2.58 bits per heavy atom. The number of hydrogen-bond acceptors (Lipinski definition) is 7. The lowest BCUT2D eigenvalue weighted by Gasteiger charge is -2.02. The van der Waals surface area contributed by atoms with E-state index in [1.807, 2.05) is 0 Å². The molecule has 10 heteroatoms. The average Bonchev–Trinajstić information content (AvgIpc) is 3.11. The molecule has 0 saturated heterocycles. The molecule has 100 valence electrons. The molecule has 1 saturated carbocycles. The van der Waals surface area contributed by atoms with Gasteiger partial charge in [-0.1, -0.05) is 5.10 Å². The molecule has 1 aliphatic rings. The minimum absolute atomic E-state index is 0.0345. The monoisotopic (exact) mass is 301 g/mol. The first-order valence-electron chi connectivity index (χ1n) is 5.38. The van der Waals surface area contributed by atoms with E-state index in [-0.39, 0.29) is 22.1 Å². The Hall–Kier alpha value is -1.74. The predicted octanol–water partition coefficient (Wildman–Crippen LogP) is 1.19. The maximum atomic E-state index is 11.9. The highest BCUT2D eigenvalue weighted by Gasteiger charge is 2.30. The summed E-state index contributed by atoms with van der Waals surface area (Å²) in [5, 5.41) is 7.37.